The molecule has 0 aliphatic rings. The zero-order chi connectivity index (χ0) is 22.5. The smallest absolute Gasteiger partial charge is 0.234 e. The molecule has 1 heterocycles. The van der Waals surface area contributed by atoms with Crippen LogP contribution in [0, 0.1) is 13.8 Å². The summed E-state index contributed by atoms with van der Waals surface area (Å²) in [5.41, 5.74) is 4.89. The number of nitrogens with one attached hydrogen (secondary N) is 1. The molecule has 3 aromatic carbocycles. The number of halogens is 1. The molecule has 0 fully saturated rings. The fourth-order valence-electron chi connectivity index (χ4n) is 3.33. The van der Waals surface area contributed by atoms with E-state index in [1.807, 2.05) is 79.1 Å². The Hall–Kier alpha value is -3.09. The maximum Gasteiger partial charge on any atom is 0.234 e. The summed E-state index contributed by atoms with van der Waals surface area (Å²) in [4.78, 5) is 12.6. The Morgan fingerprint density at radius 1 is 1.00 bits per heavy atom. The van der Waals surface area contributed by atoms with E-state index in [4.69, 9.17) is 11.6 Å². The van der Waals surface area contributed by atoms with E-state index in [1.54, 1.807) is 0 Å². The maximum atomic E-state index is 12.6. The van der Waals surface area contributed by atoms with E-state index in [0.29, 0.717) is 22.5 Å². The van der Waals surface area contributed by atoms with E-state index in [0.717, 1.165) is 27.9 Å². The monoisotopic (exact) mass is 462 g/mol. The predicted molar refractivity (Wildman–Crippen MR) is 131 cm³/mol. The average Bonchev–Trinajstić information content (AvgIpc) is 3.18. The molecule has 1 aromatic heterocycles. The Kier molecular flexibility index (Phi) is 6.93. The molecule has 0 saturated carbocycles. The molecule has 0 unspecified atom stereocenters. The number of aromatic nitrogens is 3. The zero-order valence-corrected chi connectivity index (χ0v) is 19.5. The minimum absolute atomic E-state index is 0.0859. The second kappa shape index (κ2) is 10.0. The van der Waals surface area contributed by atoms with Crippen LogP contribution >= 0.6 is 23.4 Å². The van der Waals surface area contributed by atoms with Gasteiger partial charge in [-0.3, -0.25) is 9.36 Å². The fourth-order valence-corrected chi connectivity index (χ4v) is 4.29. The minimum atomic E-state index is -0.0859. The maximum absolute atomic E-state index is 12.6. The highest BCUT2D eigenvalue weighted by Gasteiger charge is 2.18. The predicted octanol–water partition coefficient (Wildman–Crippen LogP) is 5.99. The lowest BCUT2D eigenvalue weighted by molar-refractivity contribution is -0.113. The van der Waals surface area contributed by atoms with Crippen molar-refractivity contribution in [3.8, 4) is 11.4 Å². The number of carbonyl (C=O) groups is 1. The number of nitrogens with zero attached hydrogens (tertiary/aromatic N) is 3. The molecule has 1 amide bonds. The van der Waals surface area contributed by atoms with Crippen LogP contribution in [0.3, 0.4) is 0 Å². The number of amides is 1. The summed E-state index contributed by atoms with van der Waals surface area (Å²) >= 11 is 7.80. The van der Waals surface area contributed by atoms with Crippen LogP contribution in [-0.2, 0) is 11.3 Å². The number of anilines is 1. The molecule has 7 heteroatoms. The van der Waals surface area contributed by atoms with Gasteiger partial charge in [0.15, 0.2) is 11.0 Å². The number of thioether (sulfide) groups is 1. The first-order valence-electron chi connectivity index (χ1n) is 10.2. The molecule has 5 nitrogen and oxygen atoms in total. The van der Waals surface area contributed by atoms with Gasteiger partial charge in [-0.2, -0.15) is 0 Å². The summed E-state index contributed by atoms with van der Waals surface area (Å²) in [6, 6.07) is 23.7. The van der Waals surface area contributed by atoms with E-state index in [2.05, 4.69) is 27.6 Å². The number of aryl methyl sites for hydroxylation is 2. The van der Waals surface area contributed by atoms with Crippen LogP contribution in [0.25, 0.3) is 11.4 Å². The van der Waals surface area contributed by atoms with Crippen LogP contribution in [0.2, 0.25) is 5.02 Å². The van der Waals surface area contributed by atoms with Crippen LogP contribution in [-0.4, -0.2) is 26.4 Å². The molecule has 162 valence electrons. The fraction of sp³-hybridized carbons (Fsp3) is 0.160. The van der Waals surface area contributed by atoms with Crippen molar-refractivity contribution in [2.75, 3.05) is 11.1 Å². The molecule has 4 aromatic rings. The summed E-state index contributed by atoms with van der Waals surface area (Å²) in [7, 11) is 0. The Balaban J connectivity index is 1.57. The van der Waals surface area contributed by atoms with Crippen LogP contribution in [0.15, 0.2) is 78.0 Å². The first kappa shape index (κ1) is 22.1. The molecule has 0 aliphatic heterocycles. The Labute approximate surface area is 196 Å². The summed E-state index contributed by atoms with van der Waals surface area (Å²) in [5.74, 6) is 0.817. The average molecular weight is 463 g/mol. The first-order chi connectivity index (χ1) is 15.5. The second-order valence-electron chi connectivity index (χ2n) is 7.51. The molecule has 0 atom stereocenters. The highest BCUT2D eigenvalue weighted by atomic mass is 35.5. The highest BCUT2D eigenvalue weighted by molar-refractivity contribution is 7.99. The van der Waals surface area contributed by atoms with Gasteiger partial charge in [0, 0.05) is 11.3 Å². The molecular weight excluding hydrogens is 440 g/mol. The summed E-state index contributed by atoms with van der Waals surface area (Å²) in [6.07, 6.45) is 0. The van der Waals surface area contributed by atoms with Crippen molar-refractivity contribution in [2.45, 2.75) is 25.5 Å². The van der Waals surface area contributed by atoms with E-state index in [9.17, 15) is 4.79 Å². The summed E-state index contributed by atoms with van der Waals surface area (Å²) < 4.78 is 2.01. The van der Waals surface area contributed by atoms with Crippen LogP contribution in [0.4, 0.5) is 5.69 Å². The summed E-state index contributed by atoms with van der Waals surface area (Å²) in [6.45, 7) is 4.57. The van der Waals surface area contributed by atoms with Crippen molar-refractivity contribution in [2.24, 2.45) is 0 Å². The van der Waals surface area contributed by atoms with Crippen molar-refractivity contribution in [1.82, 2.24) is 14.8 Å². The van der Waals surface area contributed by atoms with Crippen molar-refractivity contribution >= 4 is 35.0 Å². The number of hydrogen-bond donors (Lipinski definition) is 1. The van der Waals surface area contributed by atoms with E-state index < -0.39 is 0 Å². The normalized spacial score (nSPS) is 10.8. The number of hydrogen-bond acceptors (Lipinski definition) is 4. The third kappa shape index (κ3) is 5.21. The van der Waals surface area contributed by atoms with Crippen LogP contribution in [0.5, 0.6) is 0 Å². The Bertz CT molecular complexity index is 1240. The molecule has 4 rings (SSSR count). The van der Waals surface area contributed by atoms with Gasteiger partial charge in [0.2, 0.25) is 5.91 Å². The first-order valence-corrected chi connectivity index (χ1v) is 11.6. The topological polar surface area (TPSA) is 59.8 Å². The molecule has 0 spiro atoms. The lowest BCUT2D eigenvalue weighted by Crippen LogP contribution is -2.15. The molecule has 0 saturated heterocycles. The van der Waals surface area contributed by atoms with E-state index >= 15 is 0 Å². The zero-order valence-electron chi connectivity index (χ0n) is 17.9. The molecule has 1 N–H and O–H groups in total. The van der Waals surface area contributed by atoms with E-state index in [-0.39, 0.29) is 11.7 Å². The van der Waals surface area contributed by atoms with Gasteiger partial charge in [0.05, 0.1) is 17.3 Å². The second-order valence-corrected chi connectivity index (χ2v) is 8.86. The van der Waals surface area contributed by atoms with E-state index in [1.165, 1.54) is 11.8 Å². The third-order valence-electron chi connectivity index (χ3n) is 5.01. The van der Waals surface area contributed by atoms with Gasteiger partial charge in [-0.1, -0.05) is 78.0 Å². The Morgan fingerprint density at radius 3 is 2.53 bits per heavy atom. The van der Waals surface area contributed by atoms with Gasteiger partial charge in [-0.05, 0) is 48.7 Å². The van der Waals surface area contributed by atoms with Crippen molar-refractivity contribution in [3.63, 3.8) is 0 Å². The molecule has 0 bridgehead atoms. The summed E-state index contributed by atoms with van der Waals surface area (Å²) in [5, 5.41) is 13.1. The van der Waals surface area contributed by atoms with Gasteiger partial charge in [-0.25, -0.2) is 0 Å². The van der Waals surface area contributed by atoms with Crippen LogP contribution < -0.4 is 5.32 Å². The SMILES string of the molecule is Cc1ccc(C)c(NC(=O)CSc2nnc(-c3ccccc3Cl)n2Cc2ccccc2)c1. The largest absolute Gasteiger partial charge is 0.325 e. The van der Waals surface area contributed by atoms with Gasteiger partial charge in [-0.15, -0.1) is 10.2 Å². The van der Waals surface area contributed by atoms with Crippen molar-refractivity contribution in [3.05, 3.63) is 94.5 Å². The molecule has 0 aliphatic carbocycles. The van der Waals surface area contributed by atoms with Crippen molar-refractivity contribution in [1.29, 1.82) is 0 Å². The third-order valence-corrected chi connectivity index (χ3v) is 6.31. The highest BCUT2D eigenvalue weighted by Crippen LogP contribution is 2.30. The molecular formula is C25H23ClN4OS. The standard InChI is InChI=1S/C25H23ClN4OS/c1-17-12-13-18(2)22(14-17)27-23(31)16-32-25-29-28-24(20-10-6-7-11-21(20)26)30(25)15-19-8-4-3-5-9-19/h3-14H,15-16H2,1-2H3,(H,27,31). The lowest BCUT2D eigenvalue weighted by Gasteiger charge is -2.12. The quantitative estimate of drug-likeness (QED) is 0.342. The number of rotatable bonds is 7. The lowest BCUT2D eigenvalue weighted by atomic mass is 10.1. The van der Waals surface area contributed by atoms with Gasteiger partial charge in [0.25, 0.3) is 0 Å². The number of benzene rings is 3. The van der Waals surface area contributed by atoms with Crippen molar-refractivity contribution < 1.29 is 4.79 Å². The van der Waals surface area contributed by atoms with Gasteiger partial charge in [0.1, 0.15) is 0 Å². The van der Waals surface area contributed by atoms with Crippen LogP contribution in [0.1, 0.15) is 16.7 Å². The van der Waals surface area contributed by atoms with Gasteiger partial charge >= 0.3 is 0 Å². The van der Waals surface area contributed by atoms with Gasteiger partial charge < -0.3 is 5.32 Å². The molecule has 0 radical (unpaired) electrons. The Morgan fingerprint density at radius 2 is 1.75 bits per heavy atom. The molecule has 32 heavy (non-hydrogen) atoms. The minimum Gasteiger partial charge on any atom is -0.325 e. The number of carbonyl (C=O) groups excluding carboxylic acids is 1.